The third-order valence-corrected chi connectivity index (χ3v) is 4.08. The SMILES string of the molecule is CCC1CC1CC1(C)CC1CO. The molecular weight excluding hydrogens is 148 g/mol. The smallest absolute Gasteiger partial charge is 0.0464 e. The summed E-state index contributed by atoms with van der Waals surface area (Å²) in [6, 6.07) is 0. The Morgan fingerprint density at radius 2 is 2.17 bits per heavy atom. The Morgan fingerprint density at radius 3 is 2.58 bits per heavy atom. The van der Waals surface area contributed by atoms with Crippen LogP contribution in [0.5, 0.6) is 0 Å². The summed E-state index contributed by atoms with van der Waals surface area (Å²) in [5.41, 5.74) is 0.531. The molecule has 1 heteroatoms. The lowest BCUT2D eigenvalue weighted by atomic mass is 9.97. The number of hydrogen-bond donors (Lipinski definition) is 1. The Balaban J connectivity index is 1.75. The Bertz CT molecular complexity index is 178. The average molecular weight is 168 g/mol. The van der Waals surface area contributed by atoms with Gasteiger partial charge in [0.25, 0.3) is 0 Å². The van der Waals surface area contributed by atoms with Crippen LogP contribution in [0.4, 0.5) is 0 Å². The molecule has 0 amide bonds. The van der Waals surface area contributed by atoms with E-state index in [2.05, 4.69) is 13.8 Å². The fraction of sp³-hybridized carbons (Fsp3) is 1.00. The maximum Gasteiger partial charge on any atom is 0.0464 e. The first-order valence-electron chi connectivity index (χ1n) is 5.30. The number of aliphatic hydroxyl groups excluding tert-OH is 1. The van der Waals surface area contributed by atoms with E-state index in [0.29, 0.717) is 17.9 Å². The summed E-state index contributed by atoms with van der Waals surface area (Å²) >= 11 is 0. The highest BCUT2D eigenvalue weighted by Gasteiger charge is 2.53. The van der Waals surface area contributed by atoms with Gasteiger partial charge >= 0.3 is 0 Å². The molecule has 2 rings (SSSR count). The summed E-state index contributed by atoms with van der Waals surface area (Å²) < 4.78 is 0. The van der Waals surface area contributed by atoms with Crippen molar-refractivity contribution in [2.24, 2.45) is 23.2 Å². The molecule has 0 aliphatic heterocycles. The van der Waals surface area contributed by atoms with Crippen molar-refractivity contribution >= 4 is 0 Å². The first-order valence-corrected chi connectivity index (χ1v) is 5.30. The van der Waals surface area contributed by atoms with Crippen molar-refractivity contribution in [2.75, 3.05) is 6.61 Å². The largest absolute Gasteiger partial charge is 0.396 e. The zero-order valence-corrected chi connectivity index (χ0v) is 8.21. The summed E-state index contributed by atoms with van der Waals surface area (Å²) in [5, 5.41) is 9.00. The zero-order valence-electron chi connectivity index (χ0n) is 8.21. The summed E-state index contributed by atoms with van der Waals surface area (Å²) in [5.74, 6) is 2.67. The molecule has 2 aliphatic rings. The van der Waals surface area contributed by atoms with Crippen molar-refractivity contribution < 1.29 is 5.11 Å². The van der Waals surface area contributed by atoms with Crippen LogP contribution in [0.15, 0.2) is 0 Å². The van der Waals surface area contributed by atoms with Gasteiger partial charge in [-0.25, -0.2) is 0 Å². The van der Waals surface area contributed by atoms with Crippen LogP contribution in [-0.2, 0) is 0 Å². The topological polar surface area (TPSA) is 20.2 Å². The van der Waals surface area contributed by atoms with E-state index in [9.17, 15) is 0 Å². The molecule has 0 aromatic rings. The molecule has 0 aromatic heterocycles. The Morgan fingerprint density at radius 1 is 1.42 bits per heavy atom. The van der Waals surface area contributed by atoms with Crippen molar-refractivity contribution in [1.29, 1.82) is 0 Å². The second-order valence-corrected chi connectivity index (χ2v) is 5.11. The minimum atomic E-state index is 0.417. The predicted octanol–water partition coefficient (Wildman–Crippen LogP) is 2.44. The zero-order chi connectivity index (χ0) is 8.77. The molecule has 0 heterocycles. The molecule has 70 valence electrons. The number of rotatable bonds is 4. The molecule has 0 radical (unpaired) electrons. The van der Waals surface area contributed by atoms with E-state index >= 15 is 0 Å². The van der Waals surface area contributed by atoms with E-state index < -0.39 is 0 Å². The van der Waals surface area contributed by atoms with E-state index in [1.54, 1.807) is 0 Å². The normalized spacial score (nSPS) is 50.8. The predicted molar refractivity (Wildman–Crippen MR) is 49.8 cm³/mol. The van der Waals surface area contributed by atoms with Crippen molar-refractivity contribution in [3.8, 4) is 0 Å². The van der Waals surface area contributed by atoms with Crippen LogP contribution in [0, 0.1) is 23.2 Å². The van der Waals surface area contributed by atoms with Crippen molar-refractivity contribution in [3.05, 3.63) is 0 Å². The maximum atomic E-state index is 9.00. The fourth-order valence-corrected chi connectivity index (χ4v) is 2.70. The van der Waals surface area contributed by atoms with Crippen LogP contribution in [-0.4, -0.2) is 11.7 Å². The summed E-state index contributed by atoms with van der Waals surface area (Å²) in [6.07, 6.45) is 5.49. The van der Waals surface area contributed by atoms with E-state index in [0.717, 1.165) is 11.8 Å². The highest BCUT2D eigenvalue weighted by Crippen LogP contribution is 2.60. The van der Waals surface area contributed by atoms with Gasteiger partial charge in [0.2, 0.25) is 0 Å². The number of aliphatic hydroxyl groups is 1. The average Bonchev–Trinajstić information content (AvgIpc) is 2.90. The van der Waals surface area contributed by atoms with Gasteiger partial charge in [-0.3, -0.25) is 0 Å². The lowest BCUT2D eigenvalue weighted by Crippen LogP contribution is -2.02. The second kappa shape index (κ2) is 2.73. The van der Waals surface area contributed by atoms with Crippen LogP contribution in [0.25, 0.3) is 0 Å². The molecule has 0 bridgehead atoms. The van der Waals surface area contributed by atoms with Gasteiger partial charge in [-0.2, -0.15) is 0 Å². The van der Waals surface area contributed by atoms with Gasteiger partial charge in [-0.1, -0.05) is 20.3 Å². The van der Waals surface area contributed by atoms with E-state index in [4.69, 9.17) is 5.11 Å². The molecule has 12 heavy (non-hydrogen) atoms. The minimum Gasteiger partial charge on any atom is -0.396 e. The summed E-state index contributed by atoms with van der Waals surface area (Å²) in [6.45, 7) is 5.06. The van der Waals surface area contributed by atoms with E-state index in [1.165, 1.54) is 25.7 Å². The highest BCUT2D eigenvalue weighted by molar-refractivity contribution is 5.02. The summed E-state index contributed by atoms with van der Waals surface area (Å²) in [7, 11) is 0. The molecule has 2 saturated carbocycles. The molecule has 2 fully saturated rings. The molecule has 4 atom stereocenters. The number of hydrogen-bond acceptors (Lipinski definition) is 1. The van der Waals surface area contributed by atoms with Crippen molar-refractivity contribution in [2.45, 2.75) is 39.5 Å². The highest BCUT2D eigenvalue weighted by atomic mass is 16.3. The third-order valence-electron chi connectivity index (χ3n) is 4.08. The molecule has 1 N–H and O–H groups in total. The molecular formula is C11H20O. The fourth-order valence-electron chi connectivity index (χ4n) is 2.70. The summed E-state index contributed by atoms with van der Waals surface area (Å²) in [4.78, 5) is 0. The lowest BCUT2D eigenvalue weighted by Gasteiger charge is -2.08. The van der Waals surface area contributed by atoms with Crippen LogP contribution < -0.4 is 0 Å². The molecule has 0 saturated heterocycles. The van der Waals surface area contributed by atoms with Crippen molar-refractivity contribution in [1.82, 2.24) is 0 Å². The van der Waals surface area contributed by atoms with Crippen molar-refractivity contribution in [3.63, 3.8) is 0 Å². The van der Waals surface area contributed by atoms with Crippen LogP contribution >= 0.6 is 0 Å². The Kier molecular flexibility index (Phi) is 1.95. The third kappa shape index (κ3) is 1.39. The van der Waals surface area contributed by atoms with E-state index in [-0.39, 0.29) is 0 Å². The monoisotopic (exact) mass is 168 g/mol. The Labute approximate surface area is 75.2 Å². The Hall–Kier alpha value is -0.0400. The van der Waals surface area contributed by atoms with Gasteiger partial charge in [-0.05, 0) is 42.4 Å². The van der Waals surface area contributed by atoms with Gasteiger partial charge in [0, 0.05) is 6.61 Å². The first-order chi connectivity index (χ1) is 5.69. The molecule has 0 spiro atoms. The molecule has 1 nitrogen and oxygen atoms in total. The molecule has 0 aromatic carbocycles. The van der Waals surface area contributed by atoms with Gasteiger partial charge in [-0.15, -0.1) is 0 Å². The standard InChI is InChI=1S/C11H20O/c1-3-8-4-9(8)5-11(2)6-10(11)7-12/h8-10,12H,3-7H2,1-2H3. The van der Waals surface area contributed by atoms with Crippen LogP contribution in [0.3, 0.4) is 0 Å². The first kappa shape index (κ1) is 8.55. The molecule has 4 unspecified atom stereocenters. The quantitative estimate of drug-likeness (QED) is 0.683. The van der Waals surface area contributed by atoms with Gasteiger partial charge in [0.1, 0.15) is 0 Å². The minimum absolute atomic E-state index is 0.417. The van der Waals surface area contributed by atoms with Crippen LogP contribution in [0.1, 0.15) is 39.5 Å². The maximum absolute atomic E-state index is 9.00. The van der Waals surface area contributed by atoms with Crippen LogP contribution in [0.2, 0.25) is 0 Å². The second-order valence-electron chi connectivity index (χ2n) is 5.11. The lowest BCUT2D eigenvalue weighted by molar-refractivity contribution is 0.246. The molecule has 2 aliphatic carbocycles. The van der Waals surface area contributed by atoms with Gasteiger partial charge < -0.3 is 5.11 Å². The van der Waals surface area contributed by atoms with Gasteiger partial charge in [0.15, 0.2) is 0 Å². The van der Waals surface area contributed by atoms with Gasteiger partial charge in [0.05, 0.1) is 0 Å². The van der Waals surface area contributed by atoms with E-state index in [1.807, 2.05) is 0 Å².